The van der Waals surface area contributed by atoms with Crippen molar-refractivity contribution < 1.29 is 19.1 Å². The molecule has 2 aliphatic rings. The maximum Gasteiger partial charge on any atom is 0.339 e. The molecule has 7 nitrogen and oxygen atoms in total. The van der Waals surface area contributed by atoms with E-state index in [2.05, 4.69) is 0 Å². The standard InChI is InChI=1S/C23H18ClN3O4/c1-13-19(21(28)30-2)23(17(11-25)20(26)31-13)16-8-3-4-9-18(16)27(22(23)29)12-14-6-5-7-15(24)10-14/h3-10H,12,26H2,1-2H3/t23-/m0/s1. The molecule has 0 fully saturated rings. The maximum atomic E-state index is 14.1. The highest BCUT2D eigenvalue weighted by molar-refractivity contribution is 6.30. The minimum atomic E-state index is -1.76. The van der Waals surface area contributed by atoms with E-state index in [-0.39, 0.29) is 29.3 Å². The summed E-state index contributed by atoms with van der Waals surface area (Å²) < 4.78 is 10.4. The van der Waals surface area contributed by atoms with Gasteiger partial charge in [0.05, 0.1) is 13.7 Å². The fourth-order valence-corrected chi connectivity index (χ4v) is 4.50. The second-order valence-corrected chi connectivity index (χ2v) is 7.60. The van der Waals surface area contributed by atoms with Crippen molar-refractivity contribution in [1.29, 1.82) is 5.26 Å². The molecule has 156 valence electrons. The van der Waals surface area contributed by atoms with Crippen LogP contribution in [0.4, 0.5) is 5.69 Å². The highest BCUT2D eigenvalue weighted by Gasteiger charge is 2.62. The number of ether oxygens (including phenoxy) is 2. The number of para-hydroxylation sites is 1. The van der Waals surface area contributed by atoms with E-state index < -0.39 is 17.3 Å². The number of nitriles is 1. The molecular formula is C23H18ClN3O4. The lowest BCUT2D eigenvalue weighted by atomic mass is 9.68. The fourth-order valence-electron chi connectivity index (χ4n) is 4.29. The number of allylic oxidation sites excluding steroid dienone is 1. The fraction of sp³-hybridized carbons (Fsp3) is 0.174. The van der Waals surface area contributed by atoms with E-state index in [0.717, 1.165) is 5.56 Å². The Balaban J connectivity index is 2.00. The van der Waals surface area contributed by atoms with Crippen LogP contribution in [0.1, 0.15) is 18.1 Å². The summed E-state index contributed by atoms with van der Waals surface area (Å²) in [6, 6.07) is 16.1. The molecule has 0 aromatic heterocycles. The van der Waals surface area contributed by atoms with Crippen LogP contribution in [0.5, 0.6) is 0 Å². The predicted molar refractivity (Wildman–Crippen MR) is 113 cm³/mol. The monoisotopic (exact) mass is 435 g/mol. The molecule has 1 atom stereocenters. The molecule has 2 aromatic rings. The molecule has 2 heterocycles. The van der Waals surface area contributed by atoms with Crippen molar-refractivity contribution in [3.63, 3.8) is 0 Å². The van der Waals surface area contributed by atoms with Gasteiger partial charge in [0.1, 0.15) is 23.0 Å². The third-order valence-corrected chi connectivity index (χ3v) is 5.74. The zero-order valence-electron chi connectivity index (χ0n) is 16.8. The largest absolute Gasteiger partial charge is 0.466 e. The number of halogens is 1. The van der Waals surface area contributed by atoms with Crippen LogP contribution in [0.2, 0.25) is 5.02 Å². The van der Waals surface area contributed by atoms with E-state index in [1.54, 1.807) is 42.5 Å². The Morgan fingerprint density at radius 1 is 1.29 bits per heavy atom. The number of benzene rings is 2. The minimum Gasteiger partial charge on any atom is -0.466 e. The van der Waals surface area contributed by atoms with Gasteiger partial charge >= 0.3 is 5.97 Å². The Bertz CT molecular complexity index is 1230. The first-order valence-electron chi connectivity index (χ1n) is 9.40. The summed E-state index contributed by atoms with van der Waals surface area (Å²) in [5.41, 5.74) is 5.87. The van der Waals surface area contributed by atoms with Crippen LogP contribution in [0.25, 0.3) is 0 Å². The summed E-state index contributed by atoms with van der Waals surface area (Å²) in [7, 11) is 1.21. The second kappa shape index (κ2) is 7.49. The van der Waals surface area contributed by atoms with Gasteiger partial charge in [-0.1, -0.05) is 41.9 Å². The van der Waals surface area contributed by atoms with Crippen molar-refractivity contribution in [2.45, 2.75) is 18.9 Å². The molecule has 1 amide bonds. The van der Waals surface area contributed by atoms with Crippen LogP contribution in [0.15, 0.2) is 71.3 Å². The number of carbonyl (C=O) groups is 2. The van der Waals surface area contributed by atoms with Gasteiger partial charge in [0.15, 0.2) is 5.41 Å². The normalized spacial score (nSPS) is 19.9. The topological polar surface area (TPSA) is 106 Å². The van der Waals surface area contributed by atoms with E-state index in [1.807, 2.05) is 12.1 Å². The van der Waals surface area contributed by atoms with E-state index in [4.69, 9.17) is 26.8 Å². The summed E-state index contributed by atoms with van der Waals surface area (Å²) in [6.45, 7) is 1.70. The number of anilines is 1. The van der Waals surface area contributed by atoms with Crippen molar-refractivity contribution in [2.24, 2.45) is 5.73 Å². The molecule has 0 saturated carbocycles. The van der Waals surface area contributed by atoms with Crippen molar-refractivity contribution in [3.8, 4) is 6.07 Å². The molecule has 0 bridgehead atoms. The first-order chi connectivity index (χ1) is 14.9. The number of nitrogens with zero attached hydrogens (tertiary/aromatic N) is 2. The average molecular weight is 436 g/mol. The predicted octanol–water partition coefficient (Wildman–Crippen LogP) is 3.30. The zero-order valence-corrected chi connectivity index (χ0v) is 17.6. The Morgan fingerprint density at radius 2 is 2.03 bits per heavy atom. The number of fused-ring (bicyclic) bond motifs is 2. The third kappa shape index (κ3) is 2.87. The Kier molecular flexibility index (Phi) is 4.96. The molecule has 2 N–H and O–H groups in total. The number of methoxy groups -OCH3 is 1. The Morgan fingerprint density at radius 3 is 2.71 bits per heavy atom. The lowest BCUT2D eigenvalue weighted by Crippen LogP contribution is -2.48. The first-order valence-corrected chi connectivity index (χ1v) is 9.77. The summed E-state index contributed by atoms with van der Waals surface area (Å²) in [5.74, 6) is -1.38. The highest BCUT2D eigenvalue weighted by Crippen LogP contribution is 2.54. The van der Waals surface area contributed by atoms with Crippen LogP contribution >= 0.6 is 11.6 Å². The molecule has 0 unspecified atom stereocenters. The Hall–Kier alpha value is -3.76. The number of nitrogens with two attached hydrogens (primary N) is 1. The van der Waals surface area contributed by atoms with Gasteiger partial charge < -0.3 is 20.1 Å². The molecule has 0 aliphatic carbocycles. The molecule has 31 heavy (non-hydrogen) atoms. The highest BCUT2D eigenvalue weighted by atomic mass is 35.5. The zero-order chi connectivity index (χ0) is 22.3. The van der Waals surface area contributed by atoms with Crippen molar-refractivity contribution in [3.05, 3.63) is 87.5 Å². The van der Waals surface area contributed by atoms with Gasteiger partial charge in [-0.05, 0) is 30.7 Å². The lowest BCUT2D eigenvalue weighted by molar-refractivity contribution is -0.138. The van der Waals surface area contributed by atoms with Gasteiger partial charge in [0.25, 0.3) is 0 Å². The molecule has 2 aromatic carbocycles. The molecule has 8 heteroatoms. The summed E-state index contributed by atoms with van der Waals surface area (Å²) >= 11 is 6.12. The van der Waals surface area contributed by atoms with Crippen molar-refractivity contribution >= 4 is 29.2 Å². The van der Waals surface area contributed by atoms with E-state index in [1.165, 1.54) is 18.9 Å². The molecule has 2 aliphatic heterocycles. The van der Waals surface area contributed by atoms with Crippen molar-refractivity contribution in [2.75, 3.05) is 12.0 Å². The first kappa shape index (κ1) is 20.5. The van der Waals surface area contributed by atoms with Gasteiger partial charge in [-0.25, -0.2) is 4.79 Å². The van der Waals surface area contributed by atoms with Gasteiger partial charge in [0, 0.05) is 16.3 Å². The SMILES string of the molecule is COC(=O)C1=C(C)OC(N)=C(C#N)[C@]12C(=O)N(Cc1cccc(Cl)c1)c1ccccc12. The number of hydrogen-bond donors (Lipinski definition) is 1. The van der Waals surface area contributed by atoms with E-state index in [0.29, 0.717) is 16.3 Å². The van der Waals surface area contributed by atoms with Crippen LogP contribution in [-0.4, -0.2) is 19.0 Å². The number of hydrogen-bond acceptors (Lipinski definition) is 6. The van der Waals surface area contributed by atoms with Gasteiger partial charge in [0.2, 0.25) is 11.8 Å². The van der Waals surface area contributed by atoms with Gasteiger partial charge in [-0.15, -0.1) is 0 Å². The quantitative estimate of drug-likeness (QED) is 0.741. The summed E-state index contributed by atoms with van der Waals surface area (Å²) in [4.78, 5) is 28.4. The van der Waals surface area contributed by atoms with Crippen LogP contribution in [0, 0.1) is 11.3 Å². The average Bonchev–Trinajstić information content (AvgIpc) is 2.97. The lowest BCUT2D eigenvalue weighted by Gasteiger charge is -2.34. The molecule has 0 saturated heterocycles. The number of esters is 1. The second-order valence-electron chi connectivity index (χ2n) is 7.16. The summed E-state index contributed by atoms with van der Waals surface area (Å²) in [5, 5.41) is 10.5. The summed E-state index contributed by atoms with van der Waals surface area (Å²) in [6.07, 6.45) is 0. The van der Waals surface area contributed by atoms with Crippen LogP contribution in [0.3, 0.4) is 0 Å². The molecule has 1 spiro atoms. The number of amides is 1. The smallest absolute Gasteiger partial charge is 0.339 e. The maximum absolute atomic E-state index is 14.1. The molecule has 4 rings (SSSR count). The number of rotatable bonds is 3. The molecule has 0 radical (unpaired) electrons. The Labute approximate surface area is 183 Å². The molecular weight excluding hydrogens is 418 g/mol. The van der Waals surface area contributed by atoms with Gasteiger partial charge in [-0.2, -0.15) is 5.26 Å². The van der Waals surface area contributed by atoms with E-state index >= 15 is 0 Å². The van der Waals surface area contributed by atoms with Crippen molar-refractivity contribution in [1.82, 2.24) is 0 Å². The van der Waals surface area contributed by atoms with E-state index in [9.17, 15) is 14.9 Å². The van der Waals surface area contributed by atoms with Crippen LogP contribution < -0.4 is 10.6 Å². The van der Waals surface area contributed by atoms with Crippen LogP contribution in [-0.2, 0) is 31.0 Å². The number of carbonyl (C=O) groups excluding carboxylic acids is 2. The third-order valence-electron chi connectivity index (χ3n) is 5.51. The minimum absolute atomic E-state index is 0.0632. The van der Waals surface area contributed by atoms with Gasteiger partial charge in [-0.3, -0.25) is 4.79 Å².